The molecule has 1 aromatic rings. The highest BCUT2D eigenvalue weighted by molar-refractivity contribution is 5.96. The van der Waals surface area contributed by atoms with Crippen LogP contribution in [0.25, 0.3) is 0 Å². The maximum atomic E-state index is 12.5. The molecule has 1 fully saturated rings. The Hall–Kier alpha value is -2.37. The molecule has 1 atom stereocenters. The van der Waals surface area contributed by atoms with Gasteiger partial charge in [-0.05, 0) is 37.8 Å². The fourth-order valence-electron chi connectivity index (χ4n) is 3.14. The quantitative estimate of drug-likeness (QED) is 0.706. The Kier molecular flexibility index (Phi) is 7.18. The molecular weight excluding hydrogens is 330 g/mol. The van der Waals surface area contributed by atoms with Crippen LogP contribution in [0, 0.1) is 18.8 Å². The van der Waals surface area contributed by atoms with Crippen LogP contribution in [0.4, 0.5) is 0 Å². The summed E-state index contributed by atoms with van der Waals surface area (Å²) >= 11 is 0. The van der Waals surface area contributed by atoms with E-state index in [1.807, 2.05) is 32.9 Å². The summed E-state index contributed by atoms with van der Waals surface area (Å²) in [4.78, 5) is 37.0. The van der Waals surface area contributed by atoms with E-state index in [1.165, 1.54) is 6.42 Å². The smallest absolute Gasteiger partial charge is 0.269 e. The zero-order chi connectivity index (χ0) is 19.1. The zero-order valence-corrected chi connectivity index (χ0v) is 15.8. The van der Waals surface area contributed by atoms with Gasteiger partial charge in [0.2, 0.25) is 5.91 Å². The fraction of sp³-hybridized carbons (Fsp3) is 0.550. The van der Waals surface area contributed by atoms with Gasteiger partial charge in [0.05, 0.1) is 0 Å². The molecule has 3 N–H and O–H groups in total. The second-order valence-electron chi connectivity index (χ2n) is 7.37. The van der Waals surface area contributed by atoms with Gasteiger partial charge in [0.1, 0.15) is 6.04 Å². The number of benzene rings is 1. The molecule has 142 valence electrons. The fourth-order valence-corrected chi connectivity index (χ4v) is 3.14. The van der Waals surface area contributed by atoms with Crippen molar-refractivity contribution in [3.8, 4) is 0 Å². The van der Waals surface area contributed by atoms with Gasteiger partial charge in [-0.15, -0.1) is 0 Å². The summed E-state index contributed by atoms with van der Waals surface area (Å²) in [5.41, 5.74) is 6.36. The largest absolute Gasteiger partial charge is 0.344 e. The molecule has 1 aliphatic carbocycles. The molecule has 6 nitrogen and oxygen atoms in total. The van der Waals surface area contributed by atoms with Crippen molar-refractivity contribution in [3.05, 3.63) is 35.4 Å². The van der Waals surface area contributed by atoms with Crippen molar-refractivity contribution in [2.24, 2.45) is 11.8 Å². The number of carbonyl (C=O) groups is 3. The first kappa shape index (κ1) is 19.9. The van der Waals surface area contributed by atoms with Gasteiger partial charge < -0.3 is 5.32 Å². The first-order chi connectivity index (χ1) is 12.4. The summed E-state index contributed by atoms with van der Waals surface area (Å²) in [6.07, 6.45) is 5.04. The number of rotatable bonds is 5. The summed E-state index contributed by atoms with van der Waals surface area (Å²) in [5.74, 6) is -0.966. The van der Waals surface area contributed by atoms with Crippen molar-refractivity contribution in [2.75, 3.05) is 0 Å². The average Bonchev–Trinajstić information content (AvgIpc) is 2.64. The summed E-state index contributed by atoms with van der Waals surface area (Å²) < 4.78 is 0. The minimum atomic E-state index is -0.678. The van der Waals surface area contributed by atoms with Gasteiger partial charge in [-0.1, -0.05) is 50.8 Å². The molecule has 0 aromatic heterocycles. The van der Waals surface area contributed by atoms with E-state index in [2.05, 4.69) is 16.2 Å². The van der Waals surface area contributed by atoms with Gasteiger partial charge in [-0.3, -0.25) is 25.2 Å². The zero-order valence-electron chi connectivity index (χ0n) is 15.8. The molecule has 0 saturated heterocycles. The van der Waals surface area contributed by atoms with Crippen LogP contribution in [0.1, 0.15) is 61.9 Å². The lowest BCUT2D eigenvalue weighted by atomic mass is 9.88. The molecule has 6 heteroatoms. The highest BCUT2D eigenvalue weighted by Crippen LogP contribution is 2.24. The van der Waals surface area contributed by atoms with Crippen LogP contribution in [-0.4, -0.2) is 23.8 Å². The molecule has 1 aromatic carbocycles. The normalized spacial score (nSPS) is 16.0. The number of hydrogen-bond acceptors (Lipinski definition) is 3. The lowest BCUT2D eigenvalue weighted by Crippen LogP contribution is -2.55. The number of aryl methyl sites for hydroxylation is 1. The van der Waals surface area contributed by atoms with Gasteiger partial charge in [0, 0.05) is 11.5 Å². The van der Waals surface area contributed by atoms with E-state index in [0.29, 0.717) is 5.56 Å². The Morgan fingerprint density at radius 1 is 0.962 bits per heavy atom. The monoisotopic (exact) mass is 359 g/mol. The molecule has 0 spiro atoms. The minimum Gasteiger partial charge on any atom is -0.344 e. The summed E-state index contributed by atoms with van der Waals surface area (Å²) in [6.45, 7) is 5.67. The molecule has 0 heterocycles. The van der Waals surface area contributed by atoms with Crippen LogP contribution < -0.4 is 16.2 Å². The molecule has 1 unspecified atom stereocenters. The molecule has 26 heavy (non-hydrogen) atoms. The van der Waals surface area contributed by atoms with E-state index in [0.717, 1.165) is 31.2 Å². The van der Waals surface area contributed by atoms with Crippen LogP contribution in [0.3, 0.4) is 0 Å². The van der Waals surface area contributed by atoms with E-state index in [9.17, 15) is 14.4 Å². The molecule has 1 saturated carbocycles. The number of nitrogens with one attached hydrogen (secondary N) is 3. The van der Waals surface area contributed by atoms with E-state index >= 15 is 0 Å². The van der Waals surface area contributed by atoms with E-state index in [4.69, 9.17) is 0 Å². The van der Waals surface area contributed by atoms with Gasteiger partial charge in [0.25, 0.3) is 11.8 Å². The van der Waals surface area contributed by atoms with Crippen LogP contribution in [0.15, 0.2) is 24.3 Å². The minimum absolute atomic E-state index is 0.0139. The summed E-state index contributed by atoms with van der Waals surface area (Å²) in [6, 6.07) is 6.38. The Morgan fingerprint density at radius 2 is 1.58 bits per heavy atom. The highest BCUT2D eigenvalue weighted by atomic mass is 16.2. The second kappa shape index (κ2) is 9.36. The van der Waals surface area contributed by atoms with Gasteiger partial charge >= 0.3 is 0 Å². The Labute approximate surface area is 155 Å². The second-order valence-corrected chi connectivity index (χ2v) is 7.37. The molecule has 2 rings (SSSR count). The molecule has 0 aliphatic heterocycles. The van der Waals surface area contributed by atoms with Gasteiger partial charge in [-0.25, -0.2) is 0 Å². The molecular formula is C20H29N3O3. The standard InChI is InChI=1S/C20H29N3O3/c1-13(2)17(21-18(24)15-7-5-4-6-8-15)20(26)23-22-19(25)16-11-9-14(3)10-12-16/h9-13,15,17H,4-8H2,1-3H3,(H,21,24)(H,22,25)(H,23,26). The predicted octanol–water partition coefficient (Wildman–Crippen LogP) is 2.48. The average molecular weight is 359 g/mol. The molecule has 0 bridgehead atoms. The topological polar surface area (TPSA) is 87.3 Å². The third kappa shape index (κ3) is 5.58. The predicted molar refractivity (Wildman–Crippen MR) is 100 cm³/mol. The summed E-state index contributed by atoms with van der Waals surface area (Å²) in [7, 11) is 0. The number of amides is 3. The summed E-state index contributed by atoms with van der Waals surface area (Å²) in [5, 5.41) is 2.85. The first-order valence-corrected chi connectivity index (χ1v) is 9.35. The van der Waals surface area contributed by atoms with Gasteiger partial charge in [0.15, 0.2) is 0 Å². The van der Waals surface area contributed by atoms with Gasteiger partial charge in [-0.2, -0.15) is 0 Å². The Balaban J connectivity index is 1.89. The lowest BCUT2D eigenvalue weighted by Gasteiger charge is -2.26. The highest BCUT2D eigenvalue weighted by Gasteiger charge is 2.28. The van der Waals surface area contributed by atoms with Crippen LogP contribution in [-0.2, 0) is 9.59 Å². The van der Waals surface area contributed by atoms with Crippen LogP contribution in [0.2, 0.25) is 0 Å². The van der Waals surface area contributed by atoms with E-state index in [-0.39, 0.29) is 23.7 Å². The third-order valence-electron chi connectivity index (χ3n) is 4.84. The SMILES string of the molecule is Cc1ccc(C(=O)NNC(=O)C(NC(=O)C2CCCCC2)C(C)C)cc1. The Bertz CT molecular complexity index is 634. The molecule has 0 radical (unpaired) electrons. The van der Waals surface area contributed by atoms with E-state index in [1.54, 1.807) is 12.1 Å². The number of hydrogen-bond donors (Lipinski definition) is 3. The van der Waals surface area contributed by atoms with Crippen molar-refractivity contribution in [1.82, 2.24) is 16.2 Å². The number of hydrazine groups is 1. The molecule has 1 aliphatic rings. The van der Waals surface area contributed by atoms with Crippen molar-refractivity contribution in [1.29, 1.82) is 0 Å². The first-order valence-electron chi connectivity index (χ1n) is 9.35. The third-order valence-corrected chi connectivity index (χ3v) is 4.84. The number of carbonyl (C=O) groups excluding carboxylic acids is 3. The molecule has 3 amide bonds. The Morgan fingerprint density at radius 3 is 2.15 bits per heavy atom. The van der Waals surface area contributed by atoms with Crippen molar-refractivity contribution >= 4 is 17.7 Å². The van der Waals surface area contributed by atoms with Crippen molar-refractivity contribution in [2.45, 2.75) is 58.9 Å². The van der Waals surface area contributed by atoms with Crippen LogP contribution in [0.5, 0.6) is 0 Å². The van der Waals surface area contributed by atoms with Crippen molar-refractivity contribution < 1.29 is 14.4 Å². The van der Waals surface area contributed by atoms with Crippen LogP contribution >= 0.6 is 0 Å². The maximum Gasteiger partial charge on any atom is 0.269 e. The van der Waals surface area contributed by atoms with E-state index < -0.39 is 11.9 Å². The maximum absolute atomic E-state index is 12.5. The van der Waals surface area contributed by atoms with Crippen molar-refractivity contribution in [3.63, 3.8) is 0 Å². The lowest BCUT2D eigenvalue weighted by molar-refractivity contribution is -0.133.